The van der Waals surface area contributed by atoms with E-state index in [1.807, 2.05) is 6.07 Å². The average molecular weight is 262 g/mol. The van der Waals surface area contributed by atoms with Crippen molar-refractivity contribution in [2.75, 3.05) is 24.5 Å². The zero-order chi connectivity index (χ0) is 13.3. The molecular weight excluding hydrogens is 239 g/mol. The first-order valence-electron chi connectivity index (χ1n) is 7.50. The molecule has 1 heterocycles. The number of rotatable bonds is 3. The molecule has 3 rings (SSSR count). The maximum absolute atomic E-state index is 13.7. The molecule has 2 N–H and O–H groups in total. The summed E-state index contributed by atoms with van der Waals surface area (Å²) in [5.41, 5.74) is 8.57. The van der Waals surface area contributed by atoms with E-state index in [9.17, 15) is 4.39 Å². The minimum atomic E-state index is -0.129. The lowest BCUT2D eigenvalue weighted by Crippen LogP contribution is -2.34. The molecule has 0 bridgehead atoms. The first-order valence-corrected chi connectivity index (χ1v) is 7.50. The van der Waals surface area contributed by atoms with Crippen molar-refractivity contribution in [3.63, 3.8) is 0 Å². The highest BCUT2D eigenvalue weighted by atomic mass is 19.1. The number of halogens is 1. The van der Waals surface area contributed by atoms with Crippen molar-refractivity contribution in [2.45, 2.75) is 43.9 Å². The maximum Gasteiger partial charge on any atom is 0.125 e. The van der Waals surface area contributed by atoms with Crippen LogP contribution < -0.4 is 10.6 Å². The Kier molecular flexibility index (Phi) is 3.48. The van der Waals surface area contributed by atoms with Gasteiger partial charge in [0, 0.05) is 30.7 Å². The van der Waals surface area contributed by atoms with Crippen LogP contribution in [0.3, 0.4) is 0 Å². The van der Waals surface area contributed by atoms with Gasteiger partial charge in [-0.1, -0.05) is 18.9 Å². The largest absolute Gasteiger partial charge is 0.371 e. The quantitative estimate of drug-likeness (QED) is 0.906. The molecule has 1 saturated heterocycles. The number of nitrogens with zero attached hydrogens (tertiary/aromatic N) is 1. The summed E-state index contributed by atoms with van der Waals surface area (Å²) in [4.78, 5) is 2.34. The van der Waals surface area contributed by atoms with Crippen molar-refractivity contribution in [2.24, 2.45) is 5.73 Å². The molecule has 0 radical (unpaired) electrons. The van der Waals surface area contributed by atoms with Crippen LogP contribution in [-0.4, -0.2) is 19.6 Å². The number of hydrogen-bond donors (Lipinski definition) is 1. The highest BCUT2D eigenvalue weighted by Crippen LogP contribution is 2.44. The van der Waals surface area contributed by atoms with Crippen molar-refractivity contribution >= 4 is 5.69 Å². The molecule has 0 amide bonds. The fourth-order valence-corrected chi connectivity index (χ4v) is 3.81. The summed E-state index contributed by atoms with van der Waals surface area (Å²) in [5.74, 6) is -0.129. The Morgan fingerprint density at radius 2 is 1.79 bits per heavy atom. The number of nitrogens with two attached hydrogens (primary N) is 1. The second-order valence-electron chi connectivity index (χ2n) is 6.05. The Hall–Kier alpha value is -1.09. The Bertz CT molecular complexity index is 446. The highest BCUT2D eigenvalue weighted by molar-refractivity contribution is 5.58. The van der Waals surface area contributed by atoms with Gasteiger partial charge in [-0.2, -0.15) is 0 Å². The number of hydrogen-bond acceptors (Lipinski definition) is 2. The van der Waals surface area contributed by atoms with Crippen molar-refractivity contribution in [3.8, 4) is 0 Å². The Balaban J connectivity index is 2.04. The van der Waals surface area contributed by atoms with Crippen LogP contribution in [0.1, 0.15) is 44.1 Å². The van der Waals surface area contributed by atoms with Gasteiger partial charge in [0.1, 0.15) is 5.82 Å². The summed E-state index contributed by atoms with van der Waals surface area (Å²) in [6.45, 7) is 2.79. The van der Waals surface area contributed by atoms with Crippen LogP contribution in [0.5, 0.6) is 0 Å². The van der Waals surface area contributed by atoms with Gasteiger partial charge < -0.3 is 10.6 Å². The first-order chi connectivity index (χ1) is 9.25. The van der Waals surface area contributed by atoms with Crippen LogP contribution in [0.15, 0.2) is 18.2 Å². The zero-order valence-electron chi connectivity index (χ0n) is 11.5. The minimum Gasteiger partial charge on any atom is -0.371 e. The molecule has 1 saturated carbocycles. The third kappa shape index (κ3) is 2.25. The third-order valence-electron chi connectivity index (χ3n) is 4.93. The van der Waals surface area contributed by atoms with Crippen molar-refractivity contribution in [3.05, 3.63) is 29.6 Å². The summed E-state index contributed by atoms with van der Waals surface area (Å²) >= 11 is 0. The second kappa shape index (κ2) is 5.12. The van der Waals surface area contributed by atoms with E-state index in [1.165, 1.54) is 31.2 Å². The first kappa shape index (κ1) is 12.9. The molecule has 2 aliphatic rings. The van der Waals surface area contributed by atoms with Gasteiger partial charge in [-0.15, -0.1) is 0 Å². The van der Waals surface area contributed by atoms with Crippen LogP contribution in [-0.2, 0) is 5.41 Å². The van der Waals surface area contributed by atoms with E-state index >= 15 is 0 Å². The molecule has 0 atom stereocenters. The van der Waals surface area contributed by atoms with Gasteiger partial charge in [-0.25, -0.2) is 4.39 Å². The molecule has 1 aliphatic carbocycles. The van der Waals surface area contributed by atoms with E-state index in [0.717, 1.165) is 31.6 Å². The van der Waals surface area contributed by atoms with E-state index in [1.54, 1.807) is 12.1 Å². The SMILES string of the molecule is NCC1(c2ccc(F)cc2N2CCCC2)CCCC1. The predicted molar refractivity (Wildman–Crippen MR) is 77.0 cm³/mol. The molecule has 1 aromatic carbocycles. The molecule has 0 unspecified atom stereocenters. The molecule has 1 aliphatic heterocycles. The summed E-state index contributed by atoms with van der Waals surface area (Å²) in [6, 6.07) is 5.31. The lowest BCUT2D eigenvalue weighted by molar-refractivity contribution is 0.452. The average Bonchev–Trinajstić information content (AvgIpc) is 3.11. The van der Waals surface area contributed by atoms with Gasteiger partial charge in [0.2, 0.25) is 0 Å². The molecule has 0 spiro atoms. The standard InChI is InChI=1S/C16H23FN2/c17-13-5-6-14(16(12-18)7-1-2-8-16)15(11-13)19-9-3-4-10-19/h5-6,11H,1-4,7-10,12,18H2. The van der Waals surface area contributed by atoms with Gasteiger partial charge in [-0.3, -0.25) is 0 Å². The van der Waals surface area contributed by atoms with Gasteiger partial charge in [0.05, 0.1) is 0 Å². The van der Waals surface area contributed by atoms with Crippen LogP contribution in [0.25, 0.3) is 0 Å². The van der Waals surface area contributed by atoms with Crippen molar-refractivity contribution in [1.29, 1.82) is 0 Å². The van der Waals surface area contributed by atoms with Crippen LogP contribution in [0.4, 0.5) is 10.1 Å². The number of anilines is 1. The smallest absolute Gasteiger partial charge is 0.125 e. The van der Waals surface area contributed by atoms with Crippen LogP contribution >= 0.6 is 0 Å². The lowest BCUT2D eigenvalue weighted by Gasteiger charge is -2.33. The Morgan fingerprint density at radius 3 is 2.42 bits per heavy atom. The molecule has 3 heteroatoms. The second-order valence-corrected chi connectivity index (χ2v) is 6.05. The monoisotopic (exact) mass is 262 g/mol. The summed E-state index contributed by atoms with van der Waals surface area (Å²) in [6.07, 6.45) is 7.21. The van der Waals surface area contributed by atoms with Crippen molar-refractivity contribution < 1.29 is 4.39 Å². The fraction of sp³-hybridized carbons (Fsp3) is 0.625. The zero-order valence-corrected chi connectivity index (χ0v) is 11.5. The summed E-state index contributed by atoms with van der Waals surface area (Å²) < 4.78 is 13.7. The molecular formula is C16H23FN2. The van der Waals surface area contributed by atoms with E-state index < -0.39 is 0 Å². The molecule has 104 valence electrons. The fourth-order valence-electron chi connectivity index (χ4n) is 3.81. The van der Waals surface area contributed by atoms with E-state index in [2.05, 4.69) is 4.90 Å². The lowest BCUT2D eigenvalue weighted by atomic mass is 9.78. The van der Waals surface area contributed by atoms with Gasteiger partial charge in [0.15, 0.2) is 0 Å². The molecule has 2 nitrogen and oxygen atoms in total. The Morgan fingerprint density at radius 1 is 1.11 bits per heavy atom. The summed E-state index contributed by atoms with van der Waals surface area (Å²) in [5, 5.41) is 0. The topological polar surface area (TPSA) is 29.3 Å². The van der Waals surface area contributed by atoms with Crippen molar-refractivity contribution in [1.82, 2.24) is 0 Å². The molecule has 0 aromatic heterocycles. The molecule has 19 heavy (non-hydrogen) atoms. The van der Waals surface area contributed by atoms with Gasteiger partial charge >= 0.3 is 0 Å². The van der Waals surface area contributed by atoms with E-state index in [0.29, 0.717) is 6.54 Å². The van der Waals surface area contributed by atoms with Crippen LogP contribution in [0.2, 0.25) is 0 Å². The Labute approximate surface area is 114 Å². The molecule has 1 aromatic rings. The maximum atomic E-state index is 13.7. The normalized spacial score (nSPS) is 22.1. The van der Waals surface area contributed by atoms with Gasteiger partial charge in [0.25, 0.3) is 0 Å². The van der Waals surface area contributed by atoms with Gasteiger partial charge in [-0.05, 0) is 43.4 Å². The summed E-state index contributed by atoms with van der Waals surface area (Å²) in [7, 11) is 0. The predicted octanol–water partition coefficient (Wildman–Crippen LogP) is 3.20. The van der Waals surface area contributed by atoms with Crippen LogP contribution in [0, 0.1) is 5.82 Å². The molecule has 2 fully saturated rings. The van der Waals surface area contributed by atoms with E-state index in [4.69, 9.17) is 5.73 Å². The number of benzene rings is 1. The highest BCUT2D eigenvalue weighted by Gasteiger charge is 2.37. The van der Waals surface area contributed by atoms with E-state index in [-0.39, 0.29) is 11.2 Å². The minimum absolute atomic E-state index is 0.0889. The third-order valence-corrected chi connectivity index (χ3v) is 4.93.